The van der Waals surface area contributed by atoms with Gasteiger partial charge in [0.2, 0.25) is 21.8 Å². The number of amides is 2. The number of carbonyl (C=O) groups is 2. The molecule has 1 aromatic carbocycles. The molecule has 0 aromatic heterocycles. The van der Waals surface area contributed by atoms with E-state index in [2.05, 4.69) is 13.8 Å². The molecule has 30 heavy (non-hydrogen) atoms. The van der Waals surface area contributed by atoms with Gasteiger partial charge in [-0.3, -0.25) is 9.59 Å². The number of hydrogen-bond donors (Lipinski definition) is 0. The molecule has 0 aliphatic carbocycles. The van der Waals surface area contributed by atoms with Gasteiger partial charge in [-0.15, -0.1) is 0 Å². The third-order valence-corrected chi connectivity index (χ3v) is 7.34. The van der Waals surface area contributed by atoms with Crippen molar-refractivity contribution in [2.75, 3.05) is 52.5 Å². The Morgan fingerprint density at radius 1 is 0.867 bits per heavy atom. The molecule has 2 aliphatic heterocycles. The topological polar surface area (TPSA) is 87.2 Å². The van der Waals surface area contributed by atoms with Crippen molar-refractivity contribution in [1.29, 1.82) is 0 Å². The molecular weight excluding hydrogens is 406 g/mol. The highest BCUT2D eigenvalue weighted by atomic mass is 32.2. The van der Waals surface area contributed by atoms with Gasteiger partial charge < -0.3 is 14.5 Å². The highest BCUT2D eigenvalue weighted by molar-refractivity contribution is 7.89. The van der Waals surface area contributed by atoms with Crippen LogP contribution in [0.15, 0.2) is 41.3 Å². The van der Waals surface area contributed by atoms with E-state index >= 15 is 0 Å². The second-order valence-corrected chi connectivity index (χ2v) is 9.66. The Labute approximate surface area is 178 Å². The summed E-state index contributed by atoms with van der Waals surface area (Å²) in [7, 11) is -3.59. The van der Waals surface area contributed by atoms with Crippen LogP contribution in [-0.4, -0.2) is 86.8 Å². The number of sulfonamides is 1. The van der Waals surface area contributed by atoms with Crippen LogP contribution in [0.4, 0.5) is 0 Å². The Bertz CT molecular complexity index is 882. The number of piperazine rings is 1. The molecule has 164 valence electrons. The fourth-order valence-corrected chi connectivity index (χ4v) is 4.88. The van der Waals surface area contributed by atoms with E-state index in [-0.39, 0.29) is 42.9 Å². The van der Waals surface area contributed by atoms with E-state index in [0.717, 1.165) is 5.56 Å². The van der Waals surface area contributed by atoms with Gasteiger partial charge in [-0.05, 0) is 23.6 Å². The Morgan fingerprint density at radius 3 is 1.87 bits per heavy atom. The quantitative estimate of drug-likeness (QED) is 0.646. The number of ether oxygens (including phenoxy) is 1. The first kappa shape index (κ1) is 22.5. The molecule has 2 heterocycles. The molecule has 3 rings (SSSR count). The number of nitrogens with zero attached hydrogens (tertiary/aromatic N) is 3. The summed E-state index contributed by atoms with van der Waals surface area (Å²) < 4.78 is 32.4. The molecule has 1 aromatic rings. The summed E-state index contributed by atoms with van der Waals surface area (Å²) in [5.41, 5.74) is 1.09. The summed E-state index contributed by atoms with van der Waals surface area (Å²) in [5.74, 6) is -0.160. The summed E-state index contributed by atoms with van der Waals surface area (Å²) in [4.78, 5) is 28.0. The van der Waals surface area contributed by atoms with Crippen molar-refractivity contribution >= 4 is 21.8 Å². The van der Waals surface area contributed by atoms with Gasteiger partial charge in [-0.25, -0.2) is 8.42 Å². The number of hydrogen-bond acceptors (Lipinski definition) is 5. The molecule has 8 nitrogen and oxygen atoms in total. The Hall–Kier alpha value is -2.23. The van der Waals surface area contributed by atoms with E-state index < -0.39 is 10.0 Å². The highest BCUT2D eigenvalue weighted by Crippen LogP contribution is 2.21. The minimum Gasteiger partial charge on any atom is -0.378 e. The summed E-state index contributed by atoms with van der Waals surface area (Å²) >= 11 is 0. The van der Waals surface area contributed by atoms with Gasteiger partial charge in [0, 0.05) is 51.4 Å². The zero-order chi connectivity index (χ0) is 21.7. The van der Waals surface area contributed by atoms with Gasteiger partial charge >= 0.3 is 0 Å². The van der Waals surface area contributed by atoms with Gasteiger partial charge in [0.15, 0.2) is 0 Å². The molecule has 0 bridgehead atoms. The third-order valence-electron chi connectivity index (χ3n) is 5.43. The van der Waals surface area contributed by atoms with Crippen molar-refractivity contribution in [3.63, 3.8) is 0 Å². The van der Waals surface area contributed by atoms with Crippen LogP contribution in [0, 0.1) is 0 Å². The lowest BCUT2D eigenvalue weighted by atomic mass is 10.0. The summed E-state index contributed by atoms with van der Waals surface area (Å²) in [6, 6.07) is 6.96. The molecule has 0 unspecified atom stereocenters. The zero-order valence-corrected chi connectivity index (χ0v) is 18.3. The van der Waals surface area contributed by atoms with Crippen LogP contribution in [-0.2, 0) is 24.3 Å². The average Bonchev–Trinajstić information content (AvgIpc) is 2.78. The van der Waals surface area contributed by atoms with Crippen LogP contribution in [0.25, 0.3) is 0 Å². The van der Waals surface area contributed by atoms with E-state index in [1.807, 2.05) is 12.1 Å². The van der Waals surface area contributed by atoms with Crippen LogP contribution in [0.5, 0.6) is 0 Å². The minimum atomic E-state index is -3.59. The molecule has 2 fully saturated rings. The Morgan fingerprint density at radius 2 is 1.37 bits per heavy atom. The SMILES string of the molecule is CC(C)c1ccc(S(=O)(=O)N2CCN(C(=O)/C=C/C(=O)N3CCOCC3)CC2)cc1. The molecule has 0 radical (unpaired) electrons. The maximum absolute atomic E-state index is 12.9. The van der Waals surface area contributed by atoms with Gasteiger partial charge in [0.25, 0.3) is 0 Å². The average molecular weight is 436 g/mol. The lowest BCUT2D eigenvalue weighted by molar-refractivity contribution is -0.131. The second kappa shape index (κ2) is 9.72. The summed E-state index contributed by atoms with van der Waals surface area (Å²) in [5, 5.41) is 0. The Balaban J connectivity index is 1.55. The monoisotopic (exact) mass is 435 g/mol. The van der Waals surface area contributed by atoms with Crippen molar-refractivity contribution in [2.24, 2.45) is 0 Å². The molecular formula is C21H29N3O5S. The molecule has 0 spiro atoms. The normalized spacial score (nSPS) is 18.9. The Kier molecular flexibility index (Phi) is 7.27. The standard InChI is InChI=1S/C21H29N3O5S/c1-17(2)18-3-5-19(6-4-18)30(27,28)24-11-9-22(10-12-24)20(25)7-8-21(26)23-13-15-29-16-14-23/h3-8,17H,9-16H2,1-2H3/b8-7+. The summed E-state index contributed by atoms with van der Waals surface area (Å²) in [6.45, 7) is 7.20. The lowest BCUT2D eigenvalue weighted by Gasteiger charge is -2.33. The second-order valence-electron chi connectivity index (χ2n) is 7.72. The number of benzene rings is 1. The maximum atomic E-state index is 12.9. The van der Waals surface area contributed by atoms with E-state index in [1.165, 1.54) is 16.5 Å². The van der Waals surface area contributed by atoms with Crippen molar-refractivity contribution in [3.8, 4) is 0 Å². The van der Waals surface area contributed by atoms with E-state index in [1.54, 1.807) is 21.9 Å². The minimum absolute atomic E-state index is 0.210. The maximum Gasteiger partial charge on any atom is 0.246 e. The van der Waals surface area contributed by atoms with Gasteiger partial charge in [0.05, 0.1) is 18.1 Å². The van der Waals surface area contributed by atoms with Crippen molar-refractivity contribution in [3.05, 3.63) is 42.0 Å². The van der Waals surface area contributed by atoms with Gasteiger partial charge in [-0.1, -0.05) is 26.0 Å². The van der Waals surface area contributed by atoms with Crippen molar-refractivity contribution in [2.45, 2.75) is 24.7 Å². The molecule has 0 saturated carbocycles. The van der Waals surface area contributed by atoms with Crippen LogP contribution in [0.1, 0.15) is 25.3 Å². The largest absolute Gasteiger partial charge is 0.378 e. The molecule has 0 N–H and O–H groups in total. The lowest BCUT2D eigenvalue weighted by Crippen LogP contribution is -2.50. The number of carbonyl (C=O) groups excluding carboxylic acids is 2. The molecule has 9 heteroatoms. The summed E-state index contributed by atoms with van der Waals surface area (Å²) in [6.07, 6.45) is 2.56. The molecule has 0 atom stereocenters. The fraction of sp³-hybridized carbons (Fsp3) is 0.524. The van der Waals surface area contributed by atoms with E-state index in [9.17, 15) is 18.0 Å². The van der Waals surface area contributed by atoms with Crippen LogP contribution < -0.4 is 0 Å². The predicted octanol–water partition coefficient (Wildman–Crippen LogP) is 1.06. The van der Waals surface area contributed by atoms with Crippen molar-refractivity contribution < 1.29 is 22.7 Å². The first-order valence-electron chi connectivity index (χ1n) is 10.2. The van der Waals surface area contributed by atoms with E-state index in [0.29, 0.717) is 32.2 Å². The smallest absolute Gasteiger partial charge is 0.246 e. The zero-order valence-electron chi connectivity index (χ0n) is 17.5. The molecule has 2 saturated heterocycles. The van der Waals surface area contributed by atoms with Crippen LogP contribution in [0.3, 0.4) is 0 Å². The first-order valence-corrected chi connectivity index (χ1v) is 11.7. The molecule has 2 amide bonds. The van der Waals surface area contributed by atoms with Crippen LogP contribution in [0.2, 0.25) is 0 Å². The number of rotatable bonds is 5. The van der Waals surface area contributed by atoms with Crippen LogP contribution >= 0.6 is 0 Å². The van der Waals surface area contributed by atoms with Gasteiger partial charge in [-0.2, -0.15) is 4.31 Å². The fourth-order valence-electron chi connectivity index (χ4n) is 3.46. The van der Waals surface area contributed by atoms with Crippen molar-refractivity contribution in [1.82, 2.24) is 14.1 Å². The first-order chi connectivity index (χ1) is 14.3. The molecule has 2 aliphatic rings. The highest BCUT2D eigenvalue weighted by Gasteiger charge is 2.29. The predicted molar refractivity (Wildman–Crippen MR) is 112 cm³/mol. The third kappa shape index (κ3) is 5.27. The van der Waals surface area contributed by atoms with E-state index in [4.69, 9.17) is 4.74 Å². The number of morpholine rings is 1. The van der Waals surface area contributed by atoms with Gasteiger partial charge in [0.1, 0.15) is 0 Å².